The van der Waals surface area contributed by atoms with Gasteiger partial charge >= 0.3 is 0 Å². The van der Waals surface area contributed by atoms with Crippen LogP contribution in [0.2, 0.25) is 0 Å². The molecule has 2 aliphatic rings. The predicted molar refractivity (Wildman–Crippen MR) is 124 cm³/mol. The van der Waals surface area contributed by atoms with Gasteiger partial charge in [-0.1, -0.05) is 57.1 Å². The lowest BCUT2D eigenvalue weighted by Gasteiger charge is -2.34. The van der Waals surface area contributed by atoms with Crippen LogP contribution in [0.15, 0.2) is 70.6 Å². The maximum absolute atomic E-state index is 4.24. The van der Waals surface area contributed by atoms with Crippen LogP contribution in [0.3, 0.4) is 0 Å². The van der Waals surface area contributed by atoms with Crippen molar-refractivity contribution >= 4 is 0 Å². The molecule has 0 saturated heterocycles. The molecule has 1 aliphatic carbocycles. The van der Waals surface area contributed by atoms with Crippen molar-refractivity contribution in [3.05, 3.63) is 70.6 Å². The molecule has 1 N–H and O–H groups in total. The maximum Gasteiger partial charge on any atom is 0.0544 e. The highest BCUT2D eigenvalue weighted by molar-refractivity contribution is 5.52. The molecule has 0 radical (unpaired) electrons. The Labute approximate surface area is 173 Å². The molecular weight excluding hydrogens is 340 g/mol. The SMILES string of the molecule is C=C(C)C(=C/NCC1=CC=C(C2CCC2)CN1C)/C(/C=C\CCC)=C(/C)CC. The lowest BCUT2D eigenvalue weighted by Crippen LogP contribution is -2.32. The van der Waals surface area contributed by atoms with Crippen molar-refractivity contribution in [1.29, 1.82) is 0 Å². The minimum Gasteiger partial charge on any atom is -0.385 e. The van der Waals surface area contributed by atoms with Crippen LogP contribution in [0.25, 0.3) is 0 Å². The zero-order chi connectivity index (χ0) is 20.5. The lowest BCUT2D eigenvalue weighted by molar-refractivity contribution is 0.327. The molecule has 1 aliphatic heterocycles. The van der Waals surface area contributed by atoms with E-state index in [1.165, 1.54) is 48.1 Å². The molecule has 0 spiro atoms. The van der Waals surface area contributed by atoms with Crippen LogP contribution in [0.1, 0.15) is 66.2 Å². The minimum atomic E-state index is 0.836. The third-order valence-electron chi connectivity index (χ3n) is 6.04. The normalized spacial score (nSPS) is 19.2. The fourth-order valence-corrected chi connectivity index (χ4v) is 3.71. The molecule has 0 aromatic heterocycles. The molecule has 28 heavy (non-hydrogen) atoms. The highest BCUT2D eigenvalue weighted by Crippen LogP contribution is 2.35. The van der Waals surface area contributed by atoms with Gasteiger partial charge in [0.1, 0.15) is 0 Å². The standard InChI is InChI=1S/C26H40N2/c1-7-9-10-14-25(21(5)8-2)26(20(3)4)18-27-17-24-16-15-23(19-28(24)6)22-12-11-13-22/h10,14-16,18,22,27H,3,7-9,11-13,17,19H2,1-2,4-6H3/b14-10-,25-21-,26-18-. The predicted octanol–water partition coefficient (Wildman–Crippen LogP) is 6.67. The van der Waals surface area contributed by atoms with Crippen molar-refractivity contribution in [1.82, 2.24) is 10.2 Å². The molecule has 1 saturated carbocycles. The second-order valence-electron chi connectivity index (χ2n) is 8.34. The maximum atomic E-state index is 4.24. The molecule has 0 aromatic rings. The van der Waals surface area contributed by atoms with E-state index >= 15 is 0 Å². The summed E-state index contributed by atoms with van der Waals surface area (Å²) in [7, 11) is 2.21. The van der Waals surface area contributed by atoms with Crippen molar-refractivity contribution in [2.24, 2.45) is 5.92 Å². The number of unbranched alkanes of at least 4 members (excludes halogenated alkanes) is 1. The fraction of sp³-hybridized carbons (Fsp3) is 0.538. The molecule has 2 nitrogen and oxygen atoms in total. The van der Waals surface area contributed by atoms with Crippen LogP contribution < -0.4 is 5.32 Å². The van der Waals surface area contributed by atoms with Gasteiger partial charge in [-0.2, -0.15) is 0 Å². The summed E-state index contributed by atoms with van der Waals surface area (Å²) < 4.78 is 0. The topological polar surface area (TPSA) is 15.3 Å². The molecule has 2 rings (SSSR count). The number of allylic oxidation sites excluding steroid dienone is 8. The van der Waals surface area contributed by atoms with E-state index in [9.17, 15) is 0 Å². The van der Waals surface area contributed by atoms with Crippen molar-refractivity contribution in [3.63, 3.8) is 0 Å². The van der Waals surface area contributed by atoms with E-state index in [1.54, 1.807) is 5.57 Å². The summed E-state index contributed by atoms with van der Waals surface area (Å²) in [6.45, 7) is 14.9. The third-order valence-corrected chi connectivity index (χ3v) is 6.04. The minimum absolute atomic E-state index is 0.836. The Morgan fingerprint density at radius 3 is 2.54 bits per heavy atom. The largest absolute Gasteiger partial charge is 0.385 e. The molecular formula is C26H40N2. The van der Waals surface area contributed by atoms with E-state index < -0.39 is 0 Å². The van der Waals surface area contributed by atoms with E-state index in [2.05, 4.69) is 82.0 Å². The van der Waals surface area contributed by atoms with Gasteiger partial charge in [0.05, 0.1) is 6.54 Å². The Morgan fingerprint density at radius 1 is 1.25 bits per heavy atom. The third kappa shape index (κ3) is 6.02. The van der Waals surface area contributed by atoms with Crippen LogP contribution in [0.5, 0.6) is 0 Å². The molecule has 2 heteroatoms. The van der Waals surface area contributed by atoms with Gasteiger partial charge in [0, 0.05) is 25.5 Å². The highest BCUT2D eigenvalue weighted by atomic mass is 15.1. The smallest absolute Gasteiger partial charge is 0.0544 e. The number of hydrogen-bond donors (Lipinski definition) is 1. The summed E-state index contributed by atoms with van der Waals surface area (Å²) in [5.41, 5.74) is 8.01. The first-order valence-corrected chi connectivity index (χ1v) is 11.0. The number of hydrogen-bond acceptors (Lipinski definition) is 2. The number of nitrogens with zero attached hydrogens (tertiary/aromatic N) is 1. The van der Waals surface area contributed by atoms with Gasteiger partial charge in [-0.15, -0.1) is 0 Å². The molecule has 154 valence electrons. The first-order valence-electron chi connectivity index (χ1n) is 11.0. The number of rotatable bonds is 10. The van der Waals surface area contributed by atoms with Gasteiger partial charge in [-0.25, -0.2) is 0 Å². The lowest BCUT2D eigenvalue weighted by atomic mass is 9.78. The van der Waals surface area contributed by atoms with Crippen LogP contribution in [0.4, 0.5) is 0 Å². The molecule has 0 atom stereocenters. The van der Waals surface area contributed by atoms with Gasteiger partial charge < -0.3 is 10.2 Å². The summed E-state index contributed by atoms with van der Waals surface area (Å²) in [5.74, 6) is 0.836. The molecule has 1 fully saturated rings. The molecule has 0 unspecified atom stereocenters. The Kier molecular flexibility index (Phi) is 8.89. The molecule has 0 aromatic carbocycles. The average molecular weight is 381 g/mol. The average Bonchev–Trinajstić information content (AvgIpc) is 2.62. The second kappa shape index (κ2) is 11.1. The van der Waals surface area contributed by atoms with E-state index in [-0.39, 0.29) is 0 Å². The summed E-state index contributed by atoms with van der Waals surface area (Å²) in [5, 5.41) is 3.56. The fourth-order valence-electron chi connectivity index (χ4n) is 3.71. The Bertz CT molecular complexity index is 696. The van der Waals surface area contributed by atoms with Gasteiger partial charge in [0.2, 0.25) is 0 Å². The van der Waals surface area contributed by atoms with E-state index in [1.807, 2.05) is 0 Å². The zero-order valence-corrected chi connectivity index (χ0v) is 18.8. The van der Waals surface area contributed by atoms with Gasteiger partial charge in [-0.3, -0.25) is 0 Å². The van der Waals surface area contributed by atoms with Crippen molar-refractivity contribution in [3.8, 4) is 0 Å². The zero-order valence-electron chi connectivity index (χ0n) is 18.8. The summed E-state index contributed by atoms with van der Waals surface area (Å²) in [6.07, 6.45) is 18.9. The van der Waals surface area contributed by atoms with Gasteiger partial charge in [0.25, 0.3) is 0 Å². The first kappa shape index (κ1) is 22.3. The Balaban J connectivity index is 2.10. The molecule has 0 bridgehead atoms. The Morgan fingerprint density at radius 2 is 2.00 bits per heavy atom. The quantitative estimate of drug-likeness (QED) is 0.425. The molecule has 1 heterocycles. The number of nitrogens with one attached hydrogen (secondary N) is 1. The van der Waals surface area contributed by atoms with Crippen molar-refractivity contribution in [2.75, 3.05) is 20.1 Å². The van der Waals surface area contributed by atoms with Crippen molar-refractivity contribution < 1.29 is 0 Å². The Hall–Kier alpha value is -1.96. The van der Waals surface area contributed by atoms with E-state index in [0.29, 0.717) is 0 Å². The summed E-state index contributed by atoms with van der Waals surface area (Å²) in [6, 6.07) is 0. The van der Waals surface area contributed by atoms with E-state index in [0.717, 1.165) is 37.4 Å². The van der Waals surface area contributed by atoms with Gasteiger partial charge in [0.15, 0.2) is 0 Å². The molecule has 0 amide bonds. The highest BCUT2D eigenvalue weighted by Gasteiger charge is 2.24. The van der Waals surface area contributed by atoms with Crippen LogP contribution in [-0.2, 0) is 0 Å². The summed E-state index contributed by atoms with van der Waals surface area (Å²) in [4.78, 5) is 2.39. The second-order valence-corrected chi connectivity index (χ2v) is 8.34. The van der Waals surface area contributed by atoms with Crippen LogP contribution >= 0.6 is 0 Å². The van der Waals surface area contributed by atoms with Crippen LogP contribution in [-0.4, -0.2) is 25.0 Å². The van der Waals surface area contributed by atoms with E-state index in [4.69, 9.17) is 0 Å². The van der Waals surface area contributed by atoms with Gasteiger partial charge in [-0.05, 0) is 73.8 Å². The summed E-state index contributed by atoms with van der Waals surface area (Å²) >= 11 is 0. The monoisotopic (exact) mass is 380 g/mol. The number of likely N-dealkylation sites (N-methyl/N-ethyl adjacent to an activating group) is 1. The first-order chi connectivity index (χ1) is 13.5. The van der Waals surface area contributed by atoms with Crippen LogP contribution in [0, 0.1) is 5.92 Å². The van der Waals surface area contributed by atoms with Crippen molar-refractivity contribution in [2.45, 2.75) is 66.2 Å².